The predicted octanol–water partition coefficient (Wildman–Crippen LogP) is 2.10. The number of hydrogen-bond donors (Lipinski definition) is 1. The summed E-state index contributed by atoms with van der Waals surface area (Å²) in [4.78, 5) is 15.6. The van der Waals surface area contributed by atoms with Gasteiger partial charge < -0.3 is 15.1 Å². The normalized spacial score (nSPS) is 16.6. The molecule has 0 saturated heterocycles. The van der Waals surface area contributed by atoms with Crippen LogP contribution in [0.2, 0.25) is 0 Å². The Kier molecular flexibility index (Phi) is 8.86. The van der Waals surface area contributed by atoms with E-state index in [2.05, 4.69) is 17.3 Å². The molecule has 0 atom stereocenters. The van der Waals surface area contributed by atoms with Crippen LogP contribution in [-0.2, 0) is 4.79 Å². The fourth-order valence-corrected chi connectivity index (χ4v) is 2.87. The summed E-state index contributed by atoms with van der Waals surface area (Å²) in [5.41, 5.74) is 0. The van der Waals surface area contributed by atoms with Gasteiger partial charge in [-0.25, -0.2) is 0 Å². The molecule has 0 aliphatic heterocycles. The van der Waals surface area contributed by atoms with Crippen LogP contribution in [0.15, 0.2) is 0 Å². The highest BCUT2D eigenvalue weighted by Crippen LogP contribution is 2.21. The van der Waals surface area contributed by atoms with Crippen molar-refractivity contribution in [1.82, 2.24) is 15.1 Å². The van der Waals surface area contributed by atoms with Gasteiger partial charge in [-0.15, -0.1) is 0 Å². The summed E-state index contributed by atoms with van der Waals surface area (Å²) in [6.07, 6.45) is 9.82. The number of nitrogens with zero attached hydrogens (tertiary/aromatic N) is 2. The molecule has 1 N–H and O–H groups in total. The van der Waals surface area contributed by atoms with Crippen molar-refractivity contribution in [2.24, 2.45) is 0 Å². The Bertz CT molecular complexity index is 262. The van der Waals surface area contributed by atoms with Crippen LogP contribution in [0.3, 0.4) is 0 Å². The molecule has 118 valence electrons. The molecule has 0 unspecified atom stereocenters. The van der Waals surface area contributed by atoms with Crippen LogP contribution in [0.4, 0.5) is 0 Å². The van der Waals surface area contributed by atoms with Gasteiger partial charge in [0, 0.05) is 26.6 Å². The Morgan fingerprint density at radius 3 is 2.35 bits per heavy atom. The molecule has 0 aromatic carbocycles. The SMILES string of the molecule is CN(C)C(=O)CCCNCCCN(C)C1CCCCC1. The van der Waals surface area contributed by atoms with Crippen molar-refractivity contribution < 1.29 is 4.79 Å². The van der Waals surface area contributed by atoms with Crippen LogP contribution in [0, 0.1) is 0 Å². The minimum atomic E-state index is 0.226. The fourth-order valence-electron chi connectivity index (χ4n) is 2.87. The molecule has 0 aromatic heterocycles. The molecular formula is C16H33N3O. The lowest BCUT2D eigenvalue weighted by Crippen LogP contribution is -2.35. The topological polar surface area (TPSA) is 35.6 Å². The van der Waals surface area contributed by atoms with Crippen molar-refractivity contribution in [2.45, 2.75) is 57.4 Å². The van der Waals surface area contributed by atoms with Gasteiger partial charge in [-0.2, -0.15) is 0 Å². The molecule has 20 heavy (non-hydrogen) atoms. The molecule has 1 aliphatic carbocycles. The third kappa shape index (κ3) is 7.25. The molecule has 0 radical (unpaired) electrons. The van der Waals surface area contributed by atoms with Gasteiger partial charge in [-0.05, 0) is 52.4 Å². The summed E-state index contributed by atoms with van der Waals surface area (Å²) >= 11 is 0. The van der Waals surface area contributed by atoms with Gasteiger partial charge in [0.25, 0.3) is 0 Å². The lowest BCUT2D eigenvalue weighted by molar-refractivity contribution is -0.128. The molecule has 4 heteroatoms. The zero-order chi connectivity index (χ0) is 14.8. The second-order valence-electron chi connectivity index (χ2n) is 6.27. The zero-order valence-electron chi connectivity index (χ0n) is 13.7. The highest BCUT2D eigenvalue weighted by atomic mass is 16.2. The first-order chi connectivity index (χ1) is 9.61. The summed E-state index contributed by atoms with van der Waals surface area (Å²) in [7, 11) is 5.90. The van der Waals surface area contributed by atoms with Crippen LogP contribution in [0.1, 0.15) is 51.4 Å². The average molecular weight is 283 g/mol. The third-order valence-electron chi connectivity index (χ3n) is 4.31. The van der Waals surface area contributed by atoms with Crippen molar-refractivity contribution in [2.75, 3.05) is 40.8 Å². The van der Waals surface area contributed by atoms with E-state index in [0.29, 0.717) is 6.42 Å². The van der Waals surface area contributed by atoms with Crippen LogP contribution >= 0.6 is 0 Å². The third-order valence-corrected chi connectivity index (χ3v) is 4.31. The fraction of sp³-hybridized carbons (Fsp3) is 0.938. The highest BCUT2D eigenvalue weighted by Gasteiger charge is 2.16. The molecule has 0 heterocycles. The molecule has 4 nitrogen and oxygen atoms in total. The maximum atomic E-state index is 11.4. The Hall–Kier alpha value is -0.610. The molecule has 0 spiro atoms. The van der Waals surface area contributed by atoms with Crippen LogP contribution < -0.4 is 5.32 Å². The first-order valence-electron chi connectivity index (χ1n) is 8.22. The minimum absolute atomic E-state index is 0.226. The van der Waals surface area contributed by atoms with Gasteiger partial charge in [-0.3, -0.25) is 4.79 Å². The molecule has 1 rings (SSSR count). The van der Waals surface area contributed by atoms with Crippen LogP contribution in [0.5, 0.6) is 0 Å². The van der Waals surface area contributed by atoms with E-state index < -0.39 is 0 Å². The van der Waals surface area contributed by atoms with Crippen LogP contribution in [0.25, 0.3) is 0 Å². The van der Waals surface area contributed by atoms with Gasteiger partial charge in [0.15, 0.2) is 0 Å². The van der Waals surface area contributed by atoms with Gasteiger partial charge in [0.05, 0.1) is 0 Å². The smallest absolute Gasteiger partial charge is 0.222 e. The van der Waals surface area contributed by atoms with Crippen LogP contribution in [-0.4, -0.2) is 62.5 Å². The zero-order valence-corrected chi connectivity index (χ0v) is 13.7. The van der Waals surface area contributed by atoms with E-state index in [1.807, 2.05) is 14.1 Å². The molecule has 0 bridgehead atoms. The number of nitrogens with one attached hydrogen (secondary N) is 1. The maximum absolute atomic E-state index is 11.4. The first kappa shape index (κ1) is 17.4. The minimum Gasteiger partial charge on any atom is -0.349 e. The van der Waals surface area contributed by atoms with Crippen molar-refractivity contribution in [3.63, 3.8) is 0 Å². The van der Waals surface area contributed by atoms with Crippen molar-refractivity contribution in [3.8, 4) is 0 Å². The lowest BCUT2D eigenvalue weighted by Gasteiger charge is -2.31. The lowest BCUT2D eigenvalue weighted by atomic mass is 9.94. The highest BCUT2D eigenvalue weighted by molar-refractivity contribution is 5.75. The monoisotopic (exact) mass is 283 g/mol. The predicted molar refractivity (Wildman–Crippen MR) is 84.9 cm³/mol. The van der Waals surface area contributed by atoms with Gasteiger partial charge >= 0.3 is 0 Å². The average Bonchev–Trinajstić information content (AvgIpc) is 2.46. The summed E-state index contributed by atoms with van der Waals surface area (Å²) in [6, 6.07) is 0.821. The van der Waals surface area contributed by atoms with E-state index in [-0.39, 0.29) is 5.91 Å². The molecule has 1 aliphatic rings. The number of rotatable bonds is 9. The number of carbonyl (C=O) groups is 1. The molecule has 1 saturated carbocycles. The molecule has 0 aromatic rings. The summed E-state index contributed by atoms with van der Waals surface area (Å²) in [6.45, 7) is 3.20. The summed E-state index contributed by atoms with van der Waals surface area (Å²) in [5.74, 6) is 0.226. The molecule has 1 fully saturated rings. The van der Waals surface area contributed by atoms with E-state index in [1.54, 1.807) is 4.90 Å². The number of hydrogen-bond acceptors (Lipinski definition) is 3. The van der Waals surface area contributed by atoms with E-state index in [4.69, 9.17) is 0 Å². The summed E-state index contributed by atoms with van der Waals surface area (Å²) in [5, 5.41) is 3.44. The van der Waals surface area contributed by atoms with Crippen molar-refractivity contribution in [3.05, 3.63) is 0 Å². The van der Waals surface area contributed by atoms with Gasteiger partial charge in [0.1, 0.15) is 0 Å². The molecule has 1 amide bonds. The Balaban J connectivity index is 1.92. The van der Waals surface area contributed by atoms with E-state index >= 15 is 0 Å². The quantitative estimate of drug-likeness (QED) is 0.658. The standard InChI is InChI=1S/C16H33N3O/c1-18(2)16(20)11-7-12-17-13-8-14-19(3)15-9-5-4-6-10-15/h15,17H,4-14H2,1-3H3. The van der Waals surface area contributed by atoms with E-state index in [0.717, 1.165) is 25.6 Å². The molecular weight excluding hydrogens is 250 g/mol. The van der Waals surface area contributed by atoms with Gasteiger partial charge in [0.2, 0.25) is 5.91 Å². The summed E-state index contributed by atoms with van der Waals surface area (Å²) < 4.78 is 0. The second-order valence-corrected chi connectivity index (χ2v) is 6.27. The first-order valence-corrected chi connectivity index (χ1v) is 8.22. The van der Waals surface area contributed by atoms with Gasteiger partial charge in [-0.1, -0.05) is 19.3 Å². The largest absolute Gasteiger partial charge is 0.349 e. The second kappa shape index (κ2) is 10.2. The Morgan fingerprint density at radius 2 is 1.70 bits per heavy atom. The van der Waals surface area contributed by atoms with E-state index in [9.17, 15) is 4.79 Å². The Morgan fingerprint density at radius 1 is 1.05 bits per heavy atom. The van der Waals surface area contributed by atoms with E-state index in [1.165, 1.54) is 45.1 Å². The Labute approximate surface area is 124 Å². The maximum Gasteiger partial charge on any atom is 0.222 e. The number of carbonyl (C=O) groups excluding carboxylic acids is 1. The van der Waals surface area contributed by atoms with Crippen molar-refractivity contribution >= 4 is 5.91 Å². The van der Waals surface area contributed by atoms with Crippen molar-refractivity contribution in [1.29, 1.82) is 0 Å². The number of amides is 1.